The van der Waals surface area contributed by atoms with Gasteiger partial charge >= 0.3 is 18.3 Å². The molecule has 0 aromatic rings. The second kappa shape index (κ2) is 10.6. The quantitative estimate of drug-likeness (QED) is 0.367. The van der Waals surface area contributed by atoms with Crippen LogP contribution in [-0.4, -0.2) is 30.2 Å². The van der Waals surface area contributed by atoms with Gasteiger partial charge in [-0.1, -0.05) is 6.92 Å². The first-order chi connectivity index (χ1) is 10.6. The molecule has 3 nitrogen and oxygen atoms in total. The van der Waals surface area contributed by atoms with Crippen LogP contribution in [0, 0.1) is 5.92 Å². The zero-order valence-electron chi connectivity index (χ0n) is 14.2. The van der Waals surface area contributed by atoms with Gasteiger partial charge in [0.1, 0.15) is 11.9 Å². The molecule has 0 aliphatic rings. The Bertz CT molecular complexity index is 369. The summed E-state index contributed by atoms with van der Waals surface area (Å²) >= 11 is 0. The van der Waals surface area contributed by atoms with E-state index in [0.29, 0.717) is 6.29 Å². The number of ether oxygens (including phenoxy) is 1. The minimum atomic E-state index is -4.31. The lowest BCUT2D eigenvalue weighted by Gasteiger charge is -2.20. The lowest BCUT2D eigenvalue weighted by molar-refractivity contribution is -0.158. The van der Waals surface area contributed by atoms with Gasteiger partial charge in [0.05, 0.1) is 6.42 Å². The van der Waals surface area contributed by atoms with E-state index in [9.17, 15) is 35.9 Å². The van der Waals surface area contributed by atoms with Crippen LogP contribution in [0.3, 0.4) is 0 Å². The van der Waals surface area contributed by atoms with Gasteiger partial charge in [0.25, 0.3) is 0 Å². The van der Waals surface area contributed by atoms with Crippen molar-refractivity contribution in [1.82, 2.24) is 0 Å². The highest BCUT2D eigenvalue weighted by molar-refractivity contribution is 5.74. The molecule has 0 bridgehead atoms. The van der Waals surface area contributed by atoms with E-state index in [1.807, 2.05) is 0 Å². The standard InChI is InChI=1S/C11H17F3O3.C4H7F3/c1-10(2,3)17-9(16)6-8(7-15)4-5-11(12,13)14;1-2-3-4(5,6)7/h7-8H,4-6H2,1-3H3;2-3H2,1H3. The SMILES string of the molecule is CC(C)(C)OC(=O)CC(C=O)CCC(F)(F)F.CCCC(F)(F)F. The Hall–Kier alpha value is -1.28. The number of rotatable bonds is 6. The van der Waals surface area contributed by atoms with Crippen LogP contribution in [0.25, 0.3) is 0 Å². The van der Waals surface area contributed by atoms with Crippen LogP contribution in [0.2, 0.25) is 0 Å². The van der Waals surface area contributed by atoms with Gasteiger partial charge in [0.2, 0.25) is 0 Å². The van der Waals surface area contributed by atoms with Crippen LogP contribution < -0.4 is 0 Å². The molecule has 1 unspecified atom stereocenters. The van der Waals surface area contributed by atoms with Crippen molar-refractivity contribution < 1.29 is 40.7 Å². The average Bonchev–Trinajstić information content (AvgIpc) is 2.30. The number of hydrogen-bond donors (Lipinski definition) is 0. The van der Waals surface area contributed by atoms with E-state index in [0.717, 1.165) is 0 Å². The van der Waals surface area contributed by atoms with Crippen molar-refractivity contribution >= 4 is 12.3 Å². The number of halogens is 6. The fourth-order valence-electron chi connectivity index (χ4n) is 1.45. The Morgan fingerprint density at radius 3 is 1.71 bits per heavy atom. The van der Waals surface area contributed by atoms with Crippen molar-refractivity contribution in [2.75, 3.05) is 0 Å². The Labute approximate surface area is 137 Å². The first-order valence-electron chi connectivity index (χ1n) is 7.40. The highest BCUT2D eigenvalue weighted by Gasteiger charge is 2.29. The molecule has 9 heteroatoms. The van der Waals surface area contributed by atoms with Gasteiger partial charge in [-0.25, -0.2) is 0 Å². The van der Waals surface area contributed by atoms with Crippen LogP contribution in [0.4, 0.5) is 26.3 Å². The summed E-state index contributed by atoms with van der Waals surface area (Å²) in [6, 6.07) is 0. The Kier molecular flexibility index (Phi) is 11.0. The normalized spacial score (nSPS) is 13.6. The Morgan fingerprint density at radius 2 is 1.46 bits per heavy atom. The first-order valence-corrected chi connectivity index (χ1v) is 7.40. The van der Waals surface area contributed by atoms with E-state index in [4.69, 9.17) is 4.74 Å². The topological polar surface area (TPSA) is 43.4 Å². The molecule has 0 aliphatic carbocycles. The fraction of sp³-hybridized carbons (Fsp3) is 0.867. The third kappa shape index (κ3) is 20.7. The van der Waals surface area contributed by atoms with Gasteiger partial charge < -0.3 is 9.53 Å². The molecule has 0 heterocycles. The highest BCUT2D eigenvalue weighted by atomic mass is 19.4. The lowest BCUT2D eigenvalue weighted by atomic mass is 10.0. The van der Waals surface area contributed by atoms with Gasteiger partial charge in [-0.05, 0) is 33.6 Å². The summed E-state index contributed by atoms with van der Waals surface area (Å²) in [7, 11) is 0. The van der Waals surface area contributed by atoms with Gasteiger partial charge in [0.15, 0.2) is 0 Å². The number of carbonyl (C=O) groups excluding carboxylic acids is 2. The second-order valence-electron chi connectivity index (χ2n) is 6.21. The molecule has 0 amide bonds. The van der Waals surface area contributed by atoms with Crippen molar-refractivity contribution in [3.05, 3.63) is 0 Å². The van der Waals surface area contributed by atoms with E-state index < -0.39 is 42.7 Å². The zero-order chi connectivity index (χ0) is 19.6. The van der Waals surface area contributed by atoms with Crippen LogP contribution in [0.1, 0.15) is 59.8 Å². The number of aldehydes is 1. The van der Waals surface area contributed by atoms with Crippen LogP contribution >= 0.6 is 0 Å². The first kappa shape index (κ1) is 25.0. The van der Waals surface area contributed by atoms with Gasteiger partial charge in [-0.2, -0.15) is 26.3 Å². The molecule has 0 fully saturated rings. The van der Waals surface area contributed by atoms with Gasteiger partial charge in [-0.15, -0.1) is 0 Å². The summed E-state index contributed by atoms with van der Waals surface area (Å²) in [5.74, 6) is -1.59. The van der Waals surface area contributed by atoms with Crippen molar-refractivity contribution in [2.24, 2.45) is 5.92 Å². The minimum Gasteiger partial charge on any atom is -0.460 e. The summed E-state index contributed by atoms with van der Waals surface area (Å²) in [5.41, 5.74) is -0.700. The second-order valence-corrected chi connectivity index (χ2v) is 6.21. The van der Waals surface area contributed by atoms with E-state index in [-0.39, 0.29) is 19.3 Å². The molecule has 0 N–H and O–H groups in total. The van der Waals surface area contributed by atoms with Gasteiger partial charge in [0, 0.05) is 18.8 Å². The molecule has 0 spiro atoms. The van der Waals surface area contributed by atoms with Crippen molar-refractivity contribution in [3.63, 3.8) is 0 Å². The maximum Gasteiger partial charge on any atom is 0.389 e. The predicted octanol–water partition coefficient (Wildman–Crippen LogP) is 5.22. The summed E-state index contributed by atoms with van der Waals surface area (Å²) in [5, 5.41) is 0. The van der Waals surface area contributed by atoms with E-state index in [1.165, 1.54) is 6.92 Å². The Morgan fingerprint density at radius 1 is 1.00 bits per heavy atom. The monoisotopic (exact) mass is 366 g/mol. The average molecular weight is 366 g/mol. The minimum absolute atomic E-state index is 0.184. The third-order valence-corrected chi connectivity index (χ3v) is 2.37. The molecule has 0 aromatic carbocycles. The lowest BCUT2D eigenvalue weighted by Crippen LogP contribution is -2.26. The molecule has 0 aliphatic heterocycles. The molecule has 24 heavy (non-hydrogen) atoms. The molecule has 0 saturated heterocycles. The van der Waals surface area contributed by atoms with E-state index in [1.54, 1.807) is 20.8 Å². The third-order valence-electron chi connectivity index (χ3n) is 2.37. The van der Waals surface area contributed by atoms with Crippen molar-refractivity contribution in [3.8, 4) is 0 Å². The molecule has 0 radical (unpaired) electrons. The van der Waals surface area contributed by atoms with Crippen LogP contribution in [-0.2, 0) is 14.3 Å². The largest absolute Gasteiger partial charge is 0.460 e. The van der Waals surface area contributed by atoms with E-state index in [2.05, 4.69) is 0 Å². The number of esters is 1. The molecule has 144 valence electrons. The molecule has 0 rings (SSSR count). The van der Waals surface area contributed by atoms with Crippen molar-refractivity contribution in [1.29, 1.82) is 0 Å². The summed E-state index contributed by atoms with van der Waals surface area (Å²) in [6.45, 7) is 6.46. The smallest absolute Gasteiger partial charge is 0.389 e. The highest BCUT2D eigenvalue weighted by Crippen LogP contribution is 2.25. The summed E-state index contributed by atoms with van der Waals surface area (Å²) in [6.07, 6.45) is -10.1. The fourth-order valence-corrected chi connectivity index (χ4v) is 1.45. The Balaban J connectivity index is 0. The zero-order valence-corrected chi connectivity index (χ0v) is 14.2. The van der Waals surface area contributed by atoms with Crippen LogP contribution in [0.15, 0.2) is 0 Å². The maximum atomic E-state index is 11.9. The van der Waals surface area contributed by atoms with E-state index >= 15 is 0 Å². The molecular weight excluding hydrogens is 342 g/mol. The molecule has 0 aromatic heterocycles. The molecular formula is C15H24F6O3. The van der Waals surface area contributed by atoms with Crippen molar-refractivity contribution in [2.45, 2.75) is 77.8 Å². The van der Waals surface area contributed by atoms with Crippen LogP contribution in [0.5, 0.6) is 0 Å². The number of hydrogen-bond acceptors (Lipinski definition) is 3. The maximum absolute atomic E-state index is 11.9. The molecule has 0 saturated carbocycles. The van der Waals surface area contributed by atoms with Gasteiger partial charge in [-0.3, -0.25) is 4.79 Å². The number of carbonyl (C=O) groups is 2. The predicted molar refractivity (Wildman–Crippen MR) is 76.3 cm³/mol. The summed E-state index contributed by atoms with van der Waals surface area (Å²) in [4.78, 5) is 21.8. The molecule has 1 atom stereocenters. The number of alkyl halides is 6. The summed E-state index contributed by atoms with van der Waals surface area (Å²) < 4.78 is 73.9.